The summed E-state index contributed by atoms with van der Waals surface area (Å²) >= 11 is 0. The van der Waals surface area contributed by atoms with Crippen molar-refractivity contribution in [2.75, 3.05) is 23.8 Å². The molecule has 0 saturated carbocycles. The highest BCUT2D eigenvalue weighted by molar-refractivity contribution is 7.89. The van der Waals surface area contributed by atoms with Crippen molar-refractivity contribution in [2.24, 2.45) is 5.14 Å². The first-order valence-electron chi connectivity index (χ1n) is 5.74. The first-order valence-corrected chi connectivity index (χ1v) is 7.28. The zero-order valence-electron chi connectivity index (χ0n) is 9.91. The number of nitrogens with zero attached hydrogens (tertiary/aromatic N) is 1. The zero-order valence-corrected chi connectivity index (χ0v) is 10.7. The molecule has 1 fully saturated rings. The normalized spacial score (nSPS) is 20.3. The van der Waals surface area contributed by atoms with Gasteiger partial charge in [0.2, 0.25) is 10.0 Å². The summed E-state index contributed by atoms with van der Waals surface area (Å²) in [5.41, 5.74) is 6.66. The van der Waals surface area contributed by atoms with Crippen molar-refractivity contribution in [3.63, 3.8) is 0 Å². The van der Waals surface area contributed by atoms with Gasteiger partial charge in [-0.2, -0.15) is 0 Å². The summed E-state index contributed by atoms with van der Waals surface area (Å²) < 4.78 is 22.8. The molecule has 18 heavy (non-hydrogen) atoms. The van der Waals surface area contributed by atoms with E-state index in [1.54, 1.807) is 12.1 Å². The van der Waals surface area contributed by atoms with Crippen molar-refractivity contribution in [1.29, 1.82) is 0 Å². The van der Waals surface area contributed by atoms with E-state index in [9.17, 15) is 13.5 Å². The average Bonchev–Trinajstić information content (AvgIpc) is 2.75. The van der Waals surface area contributed by atoms with Gasteiger partial charge in [0.15, 0.2) is 0 Å². The van der Waals surface area contributed by atoms with E-state index < -0.39 is 10.0 Å². The standard InChI is InChI=1S/C11H17N3O3S/c12-11-9(14-6-2-3-8(14)7-15)4-1-5-10(11)18(13,16)17/h1,4-5,8,15H,2-3,6-7,12H2,(H2,13,16,17). The van der Waals surface area contributed by atoms with Crippen LogP contribution in [-0.2, 0) is 10.0 Å². The molecular formula is C11H17N3O3S. The quantitative estimate of drug-likeness (QED) is 0.664. The highest BCUT2D eigenvalue weighted by Gasteiger charge is 2.27. The minimum absolute atomic E-state index is 0.0111. The number of anilines is 2. The Labute approximate surface area is 106 Å². The summed E-state index contributed by atoms with van der Waals surface area (Å²) in [6.07, 6.45) is 1.82. The Morgan fingerprint density at radius 2 is 2.17 bits per heavy atom. The van der Waals surface area contributed by atoms with Crippen LogP contribution in [0.4, 0.5) is 11.4 Å². The number of sulfonamides is 1. The molecule has 100 valence electrons. The van der Waals surface area contributed by atoms with Crippen LogP contribution in [0.25, 0.3) is 0 Å². The fourth-order valence-corrected chi connectivity index (χ4v) is 3.05. The smallest absolute Gasteiger partial charge is 0.240 e. The number of nitrogen functional groups attached to an aromatic ring is 1. The number of para-hydroxylation sites is 1. The van der Waals surface area contributed by atoms with Gasteiger partial charge < -0.3 is 15.7 Å². The molecule has 6 nitrogen and oxygen atoms in total. The first-order chi connectivity index (χ1) is 8.45. The summed E-state index contributed by atoms with van der Waals surface area (Å²) in [6, 6.07) is 4.73. The summed E-state index contributed by atoms with van der Waals surface area (Å²) in [5, 5.41) is 14.4. The van der Waals surface area contributed by atoms with E-state index in [1.807, 2.05) is 4.90 Å². The number of rotatable bonds is 3. The van der Waals surface area contributed by atoms with E-state index in [0.29, 0.717) is 5.69 Å². The fourth-order valence-electron chi connectivity index (χ4n) is 2.37. The number of aliphatic hydroxyl groups is 1. The number of nitrogens with two attached hydrogens (primary N) is 2. The van der Waals surface area contributed by atoms with E-state index in [0.717, 1.165) is 19.4 Å². The third-order valence-electron chi connectivity index (χ3n) is 3.25. The Morgan fingerprint density at radius 1 is 1.44 bits per heavy atom. The lowest BCUT2D eigenvalue weighted by molar-refractivity contribution is 0.266. The van der Waals surface area contributed by atoms with Crippen LogP contribution in [0.1, 0.15) is 12.8 Å². The molecule has 1 saturated heterocycles. The van der Waals surface area contributed by atoms with Gasteiger partial charge in [0.05, 0.1) is 24.0 Å². The molecule has 1 heterocycles. The van der Waals surface area contributed by atoms with Crippen LogP contribution in [-0.4, -0.2) is 32.7 Å². The highest BCUT2D eigenvalue weighted by Crippen LogP contribution is 2.33. The Balaban J connectivity index is 2.47. The lowest BCUT2D eigenvalue weighted by Crippen LogP contribution is -2.33. The molecule has 0 amide bonds. The summed E-state index contributed by atoms with van der Waals surface area (Å²) in [4.78, 5) is 1.87. The van der Waals surface area contributed by atoms with Gasteiger partial charge in [-0.1, -0.05) is 6.07 Å². The number of primary sulfonamides is 1. The van der Waals surface area contributed by atoms with Gasteiger partial charge in [0.25, 0.3) is 0 Å². The van der Waals surface area contributed by atoms with E-state index in [-0.39, 0.29) is 23.2 Å². The zero-order chi connectivity index (χ0) is 13.3. The van der Waals surface area contributed by atoms with Gasteiger partial charge in [0, 0.05) is 6.54 Å². The monoisotopic (exact) mass is 271 g/mol. The van der Waals surface area contributed by atoms with E-state index in [1.165, 1.54) is 6.07 Å². The van der Waals surface area contributed by atoms with Crippen LogP contribution in [0.15, 0.2) is 23.1 Å². The minimum atomic E-state index is -3.82. The van der Waals surface area contributed by atoms with Gasteiger partial charge >= 0.3 is 0 Å². The van der Waals surface area contributed by atoms with Crippen molar-refractivity contribution in [1.82, 2.24) is 0 Å². The Hall–Kier alpha value is -1.31. The van der Waals surface area contributed by atoms with E-state index in [4.69, 9.17) is 10.9 Å². The Morgan fingerprint density at radius 3 is 2.78 bits per heavy atom. The molecule has 2 rings (SSSR count). The van der Waals surface area contributed by atoms with Gasteiger partial charge in [-0.15, -0.1) is 0 Å². The lowest BCUT2D eigenvalue weighted by atomic mass is 10.2. The second-order valence-electron chi connectivity index (χ2n) is 4.41. The molecule has 5 N–H and O–H groups in total. The molecule has 1 aromatic carbocycles. The summed E-state index contributed by atoms with van der Waals surface area (Å²) in [5.74, 6) is 0. The summed E-state index contributed by atoms with van der Waals surface area (Å²) in [7, 11) is -3.82. The number of aliphatic hydroxyl groups excluding tert-OH is 1. The predicted octanol–water partition coefficient (Wildman–Crippen LogP) is -0.123. The third-order valence-corrected chi connectivity index (χ3v) is 4.22. The SMILES string of the molecule is Nc1c(N2CCCC2CO)cccc1S(N)(=O)=O. The van der Waals surface area contributed by atoms with Crippen molar-refractivity contribution in [3.05, 3.63) is 18.2 Å². The van der Waals surface area contributed by atoms with E-state index in [2.05, 4.69) is 0 Å². The maximum absolute atomic E-state index is 11.4. The van der Waals surface area contributed by atoms with Crippen LogP contribution < -0.4 is 15.8 Å². The predicted molar refractivity (Wildman–Crippen MR) is 69.7 cm³/mol. The van der Waals surface area contributed by atoms with E-state index >= 15 is 0 Å². The molecular weight excluding hydrogens is 254 g/mol. The van der Waals surface area contributed by atoms with Crippen molar-refractivity contribution >= 4 is 21.4 Å². The number of hydrogen-bond donors (Lipinski definition) is 3. The number of hydrogen-bond acceptors (Lipinski definition) is 5. The minimum Gasteiger partial charge on any atom is -0.396 e. The molecule has 1 atom stereocenters. The van der Waals surface area contributed by atoms with Crippen molar-refractivity contribution in [2.45, 2.75) is 23.8 Å². The molecule has 1 aliphatic rings. The maximum Gasteiger partial charge on any atom is 0.240 e. The molecule has 0 spiro atoms. The van der Waals surface area contributed by atoms with Gasteiger partial charge in [0.1, 0.15) is 4.90 Å². The molecule has 1 aliphatic heterocycles. The second kappa shape index (κ2) is 4.75. The van der Waals surface area contributed by atoms with Gasteiger partial charge in [-0.3, -0.25) is 0 Å². The lowest BCUT2D eigenvalue weighted by Gasteiger charge is -2.27. The largest absolute Gasteiger partial charge is 0.396 e. The number of benzene rings is 1. The topological polar surface area (TPSA) is 110 Å². The maximum atomic E-state index is 11.4. The average molecular weight is 271 g/mol. The Bertz CT molecular complexity index is 544. The van der Waals surface area contributed by atoms with Crippen molar-refractivity contribution < 1.29 is 13.5 Å². The highest BCUT2D eigenvalue weighted by atomic mass is 32.2. The second-order valence-corrected chi connectivity index (χ2v) is 5.94. The molecule has 1 aromatic rings. The third kappa shape index (κ3) is 2.29. The van der Waals surface area contributed by atoms with Crippen LogP contribution in [0.3, 0.4) is 0 Å². The first kappa shape index (κ1) is 13.1. The molecule has 0 aromatic heterocycles. The van der Waals surface area contributed by atoms with Gasteiger partial charge in [-0.25, -0.2) is 13.6 Å². The van der Waals surface area contributed by atoms with Crippen LogP contribution >= 0.6 is 0 Å². The van der Waals surface area contributed by atoms with Crippen LogP contribution in [0.2, 0.25) is 0 Å². The molecule has 0 aliphatic carbocycles. The Kier molecular flexibility index (Phi) is 3.47. The fraction of sp³-hybridized carbons (Fsp3) is 0.455. The molecule has 1 unspecified atom stereocenters. The van der Waals surface area contributed by atoms with Gasteiger partial charge in [-0.05, 0) is 25.0 Å². The molecule has 0 radical (unpaired) electrons. The molecule has 0 bridgehead atoms. The van der Waals surface area contributed by atoms with Crippen LogP contribution in [0, 0.1) is 0 Å². The van der Waals surface area contributed by atoms with Crippen molar-refractivity contribution in [3.8, 4) is 0 Å². The summed E-state index contributed by atoms with van der Waals surface area (Å²) in [6.45, 7) is 0.780. The van der Waals surface area contributed by atoms with Crippen LogP contribution in [0.5, 0.6) is 0 Å². The molecule has 7 heteroatoms.